The van der Waals surface area contributed by atoms with Gasteiger partial charge in [-0.25, -0.2) is 9.78 Å². The maximum absolute atomic E-state index is 12.2. The van der Waals surface area contributed by atoms with Crippen LogP contribution in [0.3, 0.4) is 0 Å². The molecule has 1 aromatic heterocycles. The highest BCUT2D eigenvalue weighted by atomic mass is 32.2. The zero-order valence-corrected chi connectivity index (χ0v) is 13.7. The fourth-order valence-corrected chi connectivity index (χ4v) is 3.31. The van der Waals surface area contributed by atoms with Gasteiger partial charge in [0.1, 0.15) is 5.75 Å². The van der Waals surface area contributed by atoms with Crippen LogP contribution in [0, 0.1) is 0 Å². The third-order valence-corrected chi connectivity index (χ3v) is 4.49. The molecule has 2 N–H and O–H groups in total. The molecule has 0 fully saturated rings. The van der Waals surface area contributed by atoms with Crippen LogP contribution < -0.4 is 14.8 Å². The number of hydrogen-bond acceptors (Lipinski definition) is 5. The van der Waals surface area contributed by atoms with E-state index in [1.807, 2.05) is 6.92 Å². The first-order valence-corrected chi connectivity index (χ1v) is 8.37. The average molecular weight is 365 g/mol. The maximum Gasteiger partial charge on any atom is 0.573 e. The lowest BCUT2D eigenvalue weighted by molar-refractivity contribution is -0.274. The van der Waals surface area contributed by atoms with Gasteiger partial charge in [0.25, 0.3) is 0 Å². The third-order valence-electron chi connectivity index (χ3n) is 2.62. The molecule has 0 unspecified atom stereocenters. The molecule has 2 rings (SSSR count). The summed E-state index contributed by atoms with van der Waals surface area (Å²) in [5, 5.41) is 2.68. The quantitative estimate of drug-likeness (QED) is 0.592. The van der Waals surface area contributed by atoms with Crippen molar-refractivity contribution in [1.29, 1.82) is 0 Å². The number of hydrogen-bond donors (Lipinski definition) is 2. The Morgan fingerprint density at radius 3 is 2.91 bits per heavy atom. The monoisotopic (exact) mass is 365 g/mol. The minimum atomic E-state index is -4.73. The van der Waals surface area contributed by atoms with Crippen LogP contribution in [0.4, 0.5) is 18.0 Å². The summed E-state index contributed by atoms with van der Waals surface area (Å²) in [5.74, 6) is -0.296. The predicted octanol–water partition coefficient (Wildman–Crippen LogP) is 4.30. The molecule has 0 saturated carbocycles. The van der Waals surface area contributed by atoms with E-state index in [1.165, 1.54) is 29.5 Å². The molecular formula is C13H14F3N3O2S2. The topological polar surface area (TPSA) is 63.2 Å². The van der Waals surface area contributed by atoms with E-state index in [1.54, 1.807) is 0 Å². The number of carbonyl (C=O) groups is 1. The third kappa shape index (κ3) is 5.79. The molecule has 1 heterocycles. The Labute approximate surface area is 138 Å². The molecule has 0 saturated heterocycles. The molecule has 126 valence electrons. The lowest BCUT2D eigenvalue weighted by Gasteiger charge is -2.07. The summed E-state index contributed by atoms with van der Waals surface area (Å²) in [5.41, 5.74) is 0.542. The van der Waals surface area contributed by atoms with Crippen LogP contribution in [0.25, 0.3) is 10.2 Å². The van der Waals surface area contributed by atoms with Crippen molar-refractivity contribution in [2.45, 2.75) is 30.5 Å². The molecule has 0 atom stereocenters. The lowest BCUT2D eigenvalue weighted by atomic mass is 10.3. The van der Waals surface area contributed by atoms with Crippen molar-refractivity contribution in [1.82, 2.24) is 15.0 Å². The number of benzene rings is 1. The van der Waals surface area contributed by atoms with Gasteiger partial charge >= 0.3 is 12.4 Å². The summed E-state index contributed by atoms with van der Waals surface area (Å²) >= 11 is 2.18. The van der Waals surface area contributed by atoms with Gasteiger partial charge in [-0.15, -0.1) is 24.5 Å². The number of nitrogens with one attached hydrogen (secondary N) is 2. The number of amides is 2. The molecule has 1 aromatic carbocycles. The molecular weight excluding hydrogens is 351 g/mol. The maximum atomic E-state index is 12.2. The van der Waals surface area contributed by atoms with Crippen molar-refractivity contribution in [3.63, 3.8) is 0 Å². The van der Waals surface area contributed by atoms with Crippen LogP contribution in [0.2, 0.25) is 0 Å². The number of aromatic nitrogens is 1. The van der Waals surface area contributed by atoms with E-state index in [0.717, 1.165) is 24.8 Å². The van der Waals surface area contributed by atoms with Crippen molar-refractivity contribution >= 4 is 39.5 Å². The van der Waals surface area contributed by atoms with Crippen LogP contribution in [-0.2, 0) is 0 Å². The summed E-state index contributed by atoms with van der Waals surface area (Å²) in [6.07, 6.45) is -2.86. The second kappa shape index (κ2) is 7.73. The Morgan fingerprint density at radius 1 is 1.43 bits per heavy atom. The molecule has 2 aromatic rings. The van der Waals surface area contributed by atoms with Crippen LogP contribution >= 0.6 is 23.3 Å². The normalized spacial score (nSPS) is 11.5. The Kier molecular flexibility index (Phi) is 5.94. The Bertz CT molecular complexity index is 676. The van der Waals surface area contributed by atoms with E-state index < -0.39 is 6.36 Å². The highest BCUT2D eigenvalue weighted by Gasteiger charge is 2.31. The molecule has 0 aliphatic heterocycles. The number of rotatable bonds is 6. The van der Waals surface area contributed by atoms with E-state index in [4.69, 9.17) is 0 Å². The minimum Gasteiger partial charge on any atom is -0.406 e. The van der Waals surface area contributed by atoms with E-state index in [9.17, 15) is 18.0 Å². The first kappa shape index (κ1) is 17.7. The fourth-order valence-electron chi connectivity index (χ4n) is 1.63. The average Bonchev–Trinajstić information content (AvgIpc) is 2.86. The predicted molar refractivity (Wildman–Crippen MR) is 83.6 cm³/mol. The summed E-state index contributed by atoms with van der Waals surface area (Å²) in [6.45, 7) is 2.60. The van der Waals surface area contributed by atoms with Crippen molar-refractivity contribution in [2.24, 2.45) is 0 Å². The molecule has 0 bridgehead atoms. The largest absolute Gasteiger partial charge is 0.573 e. The molecule has 5 nitrogen and oxygen atoms in total. The summed E-state index contributed by atoms with van der Waals surface area (Å²) in [6, 6.07) is 3.59. The number of nitrogens with zero attached hydrogens (tertiary/aromatic N) is 1. The summed E-state index contributed by atoms with van der Waals surface area (Å²) in [7, 11) is 0. The molecule has 0 aliphatic rings. The van der Waals surface area contributed by atoms with Gasteiger partial charge in [-0.1, -0.05) is 13.3 Å². The zero-order valence-electron chi connectivity index (χ0n) is 12.1. The van der Waals surface area contributed by atoms with E-state index in [-0.39, 0.29) is 11.8 Å². The molecule has 2 amide bonds. The van der Waals surface area contributed by atoms with Gasteiger partial charge in [0, 0.05) is 18.5 Å². The second-order valence-electron chi connectivity index (χ2n) is 4.47. The van der Waals surface area contributed by atoms with Crippen LogP contribution in [0.5, 0.6) is 5.75 Å². The lowest BCUT2D eigenvalue weighted by Crippen LogP contribution is -2.31. The van der Waals surface area contributed by atoms with Gasteiger partial charge in [-0.3, -0.25) is 4.72 Å². The van der Waals surface area contributed by atoms with E-state index >= 15 is 0 Å². The first-order chi connectivity index (χ1) is 10.9. The number of halogens is 3. The molecule has 0 aliphatic carbocycles. The number of ether oxygens (including phenoxy) is 1. The SMILES string of the molecule is CCCCNC(=O)NSc1nc2ccc(OC(F)(F)F)cc2s1. The number of fused-ring (bicyclic) bond motifs is 1. The number of urea groups is 1. The van der Waals surface area contributed by atoms with Crippen molar-refractivity contribution in [3.05, 3.63) is 18.2 Å². The van der Waals surface area contributed by atoms with Crippen molar-refractivity contribution in [3.8, 4) is 5.75 Å². The highest BCUT2D eigenvalue weighted by molar-refractivity contribution is 7.99. The second-order valence-corrected chi connectivity index (χ2v) is 6.55. The van der Waals surface area contributed by atoms with Crippen LogP contribution in [0.15, 0.2) is 22.5 Å². The Morgan fingerprint density at radius 2 is 2.22 bits per heavy atom. The van der Waals surface area contributed by atoms with Gasteiger partial charge in [0.05, 0.1) is 10.2 Å². The summed E-state index contributed by atoms with van der Waals surface area (Å²) in [4.78, 5) is 15.7. The first-order valence-electron chi connectivity index (χ1n) is 6.74. The van der Waals surface area contributed by atoms with Gasteiger partial charge < -0.3 is 10.1 Å². The number of alkyl halides is 3. The highest BCUT2D eigenvalue weighted by Crippen LogP contribution is 2.32. The van der Waals surface area contributed by atoms with Gasteiger partial charge in [-0.05, 0) is 24.6 Å². The molecule has 0 spiro atoms. The van der Waals surface area contributed by atoms with Crippen molar-refractivity contribution in [2.75, 3.05) is 6.54 Å². The number of thiazole rings is 1. The van der Waals surface area contributed by atoms with Gasteiger partial charge in [0.2, 0.25) is 0 Å². The minimum absolute atomic E-state index is 0.296. The van der Waals surface area contributed by atoms with Crippen LogP contribution in [0.1, 0.15) is 19.8 Å². The Balaban J connectivity index is 1.96. The van der Waals surface area contributed by atoms with E-state index in [2.05, 4.69) is 19.8 Å². The molecule has 23 heavy (non-hydrogen) atoms. The van der Waals surface area contributed by atoms with Crippen LogP contribution in [-0.4, -0.2) is 23.9 Å². The smallest absolute Gasteiger partial charge is 0.406 e. The van der Waals surface area contributed by atoms with E-state index in [0.29, 0.717) is 21.1 Å². The molecule has 0 radical (unpaired) electrons. The van der Waals surface area contributed by atoms with Crippen molar-refractivity contribution < 1.29 is 22.7 Å². The Hall–Kier alpha value is -1.68. The zero-order chi connectivity index (χ0) is 16.9. The standard InChI is InChI=1S/C13H14F3N3O2S2/c1-2-3-6-17-11(20)19-23-12-18-9-5-4-8(7-10(9)22-12)21-13(14,15)16/h4-5,7H,2-3,6H2,1H3,(H2,17,19,20). The fraction of sp³-hybridized carbons (Fsp3) is 0.385. The van der Waals surface area contributed by atoms with Gasteiger partial charge in [0.15, 0.2) is 4.34 Å². The summed E-state index contributed by atoms with van der Waals surface area (Å²) < 4.78 is 44.1. The molecule has 10 heteroatoms. The number of carbonyl (C=O) groups excluding carboxylic acids is 1. The number of unbranched alkanes of at least 4 members (excludes halogenated alkanes) is 1. The van der Waals surface area contributed by atoms with Gasteiger partial charge in [-0.2, -0.15) is 0 Å².